The summed E-state index contributed by atoms with van der Waals surface area (Å²) in [5, 5.41) is 9.43. The van der Waals surface area contributed by atoms with Gasteiger partial charge in [-0.2, -0.15) is 0 Å². The SMILES string of the molecule is O=c1oc2ccccc2c2cccc(-c3cc(-c4ccccc4)cc(-c4cccc5c4c(=O)oc4ccccc45)c3)c12.O=c1oc2ccccc2c2cccc(-c3cc(-c4ccccc4)cc(-c4ccccc4)c3)c12.O=c1oc2ccccc2c2cccc(-c3cccc4c3-c3ccccc3C43c4ccccc4-c4ccccc43)c12. The highest BCUT2D eigenvalue weighted by Crippen LogP contribution is 2.64. The van der Waals surface area contributed by atoms with Gasteiger partial charge in [-0.15, -0.1) is 0 Å². The number of fused-ring (bicyclic) bond motifs is 22. The van der Waals surface area contributed by atoms with Crippen LogP contribution in [0.5, 0.6) is 0 Å². The molecule has 23 rings (SSSR count). The monoisotopic (exact) mass is 1480 g/mol. The van der Waals surface area contributed by atoms with Gasteiger partial charge in [-0.25, -0.2) is 19.2 Å². The second-order valence-corrected chi connectivity index (χ2v) is 29.3. The molecule has 17 aromatic carbocycles. The molecule has 8 heteroatoms. The fourth-order valence-corrected chi connectivity index (χ4v) is 18.1. The van der Waals surface area contributed by atoms with Gasteiger partial charge in [0.1, 0.15) is 22.3 Å². The van der Waals surface area contributed by atoms with Crippen molar-refractivity contribution in [3.8, 4) is 100 Å². The minimum atomic E-state index is -0.420. The molecule has 8 nitrogen and oxygen atoms in total. The van der Waals surface area contributed by atoms with Gasteiger partial charge in [-0.1, -0.05) is 328 Å². The first-order valence-corrected chi connectivity index (χ1v) is 38.4. The van der Waals surface area contributed by atoms with Crippen molar-refractivity contribution in [1.82, 2.24) is 0 Å². The molecule has 0 saturated carbocycles. The lowest BCUT2D eigenvalue weighted by Crippen LogP contribution is -2.25. The number of hydrogen-bond donors (Lipinski definition) is 0. The summed E-state index contributed by atoms with van der Waals surface area (Å²) in [5.41, 5.74) is 24.2. The molecular formula is C107H64O8. The quantitative estimate of drug-likeness (QED) is 0.114. The minimum absolute atomic E-state index is 0.306. The van der Waals surface area contributed by atoms with E-state index in [1.165, 1.54) is 44.5 Å². The van der Waals surface area contributed by atoms with Crippen LogP contribution in [-0.2, 0) is 5.41 Å². The van der Waals surface area contributed by atoms with E-state index in [-0.39, 0.29) is 22.5 Å². The number of hydrogen-bond acceptors (Lipinski definition) is 8. The maximum absolute atomic E-state index is 13.5. The van der Waals surface area contributed by atoms with E-state index in [1.807, 2.05) is 218 Å². The summed E-state index contributed by atoms with van der Waals surface area (Å²) >= 11 is 0. The zero-order valence-corrected chi connectivity index (χ0v) is 61.7. The molecule has 0 fully saturated rings. The number of para-hydroxylation sites is 4. The molecule has 540 valence electrons. The first-order chi connectivity index (χ1) is 56.7. The Kier molecular flexibility index (Phi) is 16.2. The topological polar surface area (TPSA) is 121 Å². The molecule has 0 atom stereocenters. The van der Waals surface area contributed by atoms with Crippen molar-refractivity contribution >= 4 is 87.0 Å². The second kappa shape index (κ2) is 27.6. The Morgan fingerprint density at radius 3 is 0.765 bits per heavy atom. The summed E-state index contributed by atoms with van der Waals surface area (Å²) in [6.45, 7) is 0. The maximum atomic E-state index is 13.5. The summed E-state index contributed by atoms with van der Waals surface area (Å²) in [5.74, 6) is 0. The highest BCUT2D eigenvalue weighted by atomic mass is 16.4. The molecule has 4 heterocycles. The van der Waals surface area contributed by atoms with Crippen LogP contribution < -0.4 is 22.5 Å². The lowest BCUT2D eigenvalue weighted by Gasteiger charge is -2.30. The molecule has 0 N–H and O–H groups in total. The van der Waals surface area contributed by atoms with E-state index < -0.39 is 5.41 Å². The Morgan fingerprint density at radius 1 is 0.165 bits per heavy atom. The van der Waals surface area contributed by atoms with Crippen LogP contribution in [0.2, 0.25) is 0 Å². The zero-order chi connectivity index (χ0) is 76.8. The molecule has 0 unspecified atom stereocenters. The standard InChI is InChI=1S/C38H22O4.C38H22O2.C31H20O2/c39-37-35-27(14-8-16-31(35)29-12-4-6-18-33(29)41-37)25-20-24(23-10-2-1-3-11-23)21-26(22-25)28-15-9-17-32-30-13-5-7-19-34(30)42-38(40)36(28)32;39-37-36-26(25-13-4-8-22-34(25)40-37)15-9-16-28(36)27-17-10-21-33-35(27)29-14-3-7-20-32(29)38(33)30-18-5-1-11-23(30)24-12-2-6-19-31(24)38;32-31-30-26(15-9-16-28(30)27-14-7-8-17-29(27)33-31)25-19-23(21-10-3-1-4-11-21)18-24(20-25)22-12-5-2-6-13-22/h1-22H;1-22H;1-20H. The van der Waals surface area contributed by atoms with Crippen LogP contribution in [0.1, 0.15) is 22.3 Å². The number of rotatable bonds is 7. The van der Waals surface area contributed by atoms with E-state index in [0.717, 1.165) is 121 Å². The molecule has 2 aliphatic rings. The summed E-state index contributed by atoms with van der Waals surface area (Å²) < 4.78 is 23.1. The highest BCUT2D eigenvalue weighted by molar-refractivity contribution is 6.15. The third kappa shape index (κ3) is 11.1. The molecule has 1 spiro atoms. The Bertz CT molecular complexity index is 7570. The molecule has 115 heavy (non-hydrogen) atoms. The van der Waals surface area contributed by atoms with Gasteiger partial charge in [-0.05, 0) is 183 Å². The normalized spacial score (nSPS) is 12.2. The van der Waals surface area contributed by atoms with Gasteiger partial charge in [0.25, 0.3) is 0 Å². The Labute approximate surface area is 658 Å². The molecule has 0 saturated heterocycles. The van der Waals surface area contributed by atoms with Crippen LogP contribution in [0.4, 0.5) is 0 Å². The third-order valence-electron chi connectivity index (χ3n) is 23.0. The lowest BCUT2D eigenvalue weighted by atomic mass is 9.70. The van der Waals surface area contributed by atoms with Crippen molar-refractivity contribution in [2.75, 3.05) is 0 Å². The summed E-state index contributed by atoms with van der Waals surface area (Å²) in [7, 11) is 0. The van der Waals surface area contributed by atoms with Crippen molar-refractivity contribution in [3.63, 3.8) is 0 Å². The molecule has 4 aromatic heterocycles. The molecule has 0 bridgehead atoms. The van der Waals surface area contributed by atoms with Crippen molar-refractivity contribution < 1.29 is 17.7 Å². The molecule has 0 aliphatic heterocycles. The van der Waals surface area contributed by atoms with Crippen molar-refractivity contribution in [2.45, 2.75) is 5.41 Å². The van der Waals surface area contributed by atoms with Gasteiger partial charge in [0, 0.05) is 43.1 Å². The molecule has 21 aromatic rings. The smallest absolute Gasteiger partial charge is 0.344 e. The predicted octanol–water partition coefficient (Wildman–Crippen LogP) is 26.1. The minimum Gasteiger partial charge on any atom is -0.422 e. The van der Waals surface area contributed by atoms with Crippen LogP contribution in [0, 0.1) is 0 Å². The average Bonchev–Trinajstić information content (AvgIpc) is 1.50. The van der Waals surface area contributed by atoms with Gasteiger partial charge in [0.05, 0.1) is 27.0 Å². The largest absolute Gasteiger partial charge is 0.422 e. The van der Waals surface area contributed by atoms with Crippen molar-refractivity contribution in [2.24, 2.45) is 0 Å². The summed E-state index contributed by atoms with van der Waals surface area (Å²) in [6, 6.07) is 131. The fraction of sp³-hybridized carbons (Fsp3) is 0.00935. The molecule has 0 amide bonds. The summed E-state index contributed by atoms with van der Waals surface area (Å²) in [6.07, 6.45) is 0. The number of benzene rings is 17. The van der Waals surface area contributed by atoms with Crippen LogP contribution in [0.25, 0.3) is 187 Å². The Morgan fingerprint density at radius 2 is 0.400 bits per heavy atom. The Hall–Kier alpha value is -15.4. The highest BCUT2D eigenvalue weighted by Gasteiger charge is 2.52. The molecule has 2 aliphatic carbocycles. The van der Waals surface area contributed by atoms with Gasteiger partial charge in [0.2, 0.25) is 0 Å². The lowest BCUT2D eigenvalue weighted by molar-refractivity contribution is 0.569. The molecular weight excluding hydrogens is 1410 g/mol. The van der Waals surface area contributed by atoms with Crippen LogP contribution in [0.3, 0.4) is 0 Å². The van der Waals surface area contributed by atoms with E-state index in [9.17, 15) is 19.2 Å². The second-order valence-electron chi connectivity index (χ2n) is 29.3. The summed E-state index contributed by atoms with van der Waals surface area (Å²) in [4.78, 5) is 53.5. The van der Waals surface area contributed by atoms with Gasteiger partial charge in [-0.3, -0.25) is 0 Å². The van der Waals surface area contributed by atoms with Crippen LogP contribution in [0.15, 0.2) is 425 Å². The maximum Gasteiger partial charge on any atom is 0.344 e. The molecule has 0 radical (unpaired) electrons. The van der Waals surface area contributed by atoms with E-state index in [1.54, 1.807) is 0 Å². The van der Waals surface area contributed by atoms with E-state index in [0.29, 0.717) is 43.9 Å². The zero-order valence-electron chi connectivity index (χ0n) is 61.7. The van der Waals surface area contributed by atoms with Crippen LogP contribution in [-0.4, -0.2) is 0 Å². The van der Waals surface area contributed by atoms with Crippen molar-refractivity contribution in [1.29, 1.82) is 0 Å². The van der Waals surface area contributed by atoms with Gasteiger partial charge in [0.15, 0.2) is 0 Å². The third-order valence-corrected chi connectivity index (χ3v) is 23.0. The first-order valence-electron chi connectivity index (χ1n) is 38.4. The van der Waals surface area contributed by atoms with Gasteiger partial charge < -0.3 is 17.7 Å². The van der Waals surface area contributed by atoms with E-state index in [2.05, 4.69) is 170 Å². The average molecular weight is 1480 g/mol. The Balaban J connectivity index is 0.000000109. The van der Waals surface area contributed by atoms with E-state index in [4.69, 9.17) is 17.7 Å². The van der Waals surface area contributed by atoms with Crippen LogP contribution >= 0.6 is 0 Å². The van der Waals surface area contributed by atoms with Gasteiger partial charge >= 0.3 is 22.5 Å². The predicted molar refractivity (Wildman–Crippen MR) is 468 cm³/mol. The van der Waals surface area contributed by atoms with E-state index >= 15 is 0 Å². The first kappa shape index (κ1) is 67.7. The van der Waals surface area contributed by atoms with Crippen molar-refractivity contribution in [3.05, 3.63) is 452 Å². The fourth-order valence-electron chi connectivity index (χ4n) is 18.1.